The minimum atomic E-state index is -3.87. The van der Waals surface area contributed by atoms with Crippen molar-refractivity contribution >= 4 is 16.1 Å². The average Bonchev–Trinajstić information content (AvgIpc) is 2.25. The van der Waals surface area contributed by atoms with Crippen LogP contribution in [0, 0.1) is 6.92 Å². The van der Waals surface area contributed by atoms with Crippen LogP contribution in [-0.2, 0) is 23.8 Å². The first-order chi connectivity index (χ1) is 9.49. The van der Waals surface area contributed by atoms with Gasteiger partial charge in [-0.2, -0.15) is 8.42 Å². The number of rotatable bonds is 5. The topological polar surface area (TPSA) is 69.7 Å². The highest BCUT2D eigenvalue weighted by Crippen LogP contribution is 2.17. The number of hydrogen-bond acceptors (Lipinski definition) is 5. The normalized spacial score (nSPS) is 13.8. The summed E-state index contributed by atoms with van der Waals surface area (Å²) < 4.78 is 34.2. The zero-order valence-corrected chi connectivity index (χ0v) is 13.9. The monoisotopic (exact) mass is 314 g/mol. The first-order valence-corrected chi connectivity index (χ1v) is 8.12. The summed E-state index contributed by atoms with van der Waals surface area (Å²) in [5, 5.41) is 0. The summed E-state index contributed by atoms with van der Waals surface area (Å²) in [5.74, 6) is -0.492. The van der Waals surface area contributed by atoms with E-state index >= 15 is 0 Å². The molecule has 0 fully saturated rings. The number of esters is 1. The lowest BCUT2D eigenvalue weighted by Crippen LogP contribution is -2.27. The first-order valence-electron chi connectivity index (χ1n) is 6.71. The molecule has 0 aromatic heterocycles. The Bertz CT molecular complexity index is 581. The third-order valence-electron chi connectivity index (χ3n) is 2.47. The van der Waals surface area contributed by atoms with Gasteiger partial charge in [0, 0.05) is 0 Å². The van der Waals surface area contributed by atoms with Gasteiger partial charge in [-0.1, -0.05) is 17.7 Å². The lowest BCUT2D eigenvalue weighted by molar-refractivity contribution is -0.156. The van der Waals surface area contributed by atoms with Crippen LogP contribution in [0.5, 0.6) is 0 Å². The van der Waals surface area contributed by atoms with Crippen LogP contribution in [0.1, 0.15) is 39.7 Å². The van der Waals surface area contributed by atoms with Gasteiger partial charge in [0.1, 0.15) is 5.60 Å². The Morgan fingerprint density at radius 2 is 1.71 bits per heavy atom. The van der Waals surface area contributed by atoms with Gasteiger partial charge in [-0.3, -0.25) is 8.98 Å². The number of benzene rings is 1. The Balaban J connectivity index is 2.67. The molecule has 0 spiro atoms. The predicted molar refractivity (Wildman–Crippen MR) is 79.4 cm³/mol. The van der Waals surface area contributed by atoms with Crippen LogP contribution >= 0.6 is 0 Å². The summed E-state index contributed by atoms with van der Waals surface area (Å²) in [6, 6.07) is 6.33. The van der Waals surface area contributed by atoms with Gasteiger partial charge in [-0.15, -0.1) is 0 Å². The van der Waals surface area contributed by atoms with Gasteiger partial charge < -0.3 is 4.74 Å². The molecular formula is C15H22O5S. The maximum Gasteiger partial charge on any atom is 0.308 e. The maximum atomic E-state index is 12.0. The molecule has 0 aliphatic carbocycles. The van der Waals surface area contributed by atoms with E-state index in [1.54, 1.807) is 32.9 Å². The van der Waals surface area contributed by atoms with Gasteiger partial charge >= 0.3 is 5.97 Å². The van der Waals surface area contributed by atoms with Crippen molar-refractivity contribution in [1.82, 2.24) is 0 Å². The van der Waals surface area contributed by atoms with Gasteiger partial charge in [-0.05, 0) is 46.8 Å². The van der Waals surface area contributed by atoms with Gasteiger partial charge in [0.25, 0.3) is 10.1 Å². The SMILES string of the molecule is Cc1ccc(S(=O)(=O)OC(C)CC(=O)OC(C)(C)C)cc1. The Labute approximate surface area is 126 Å². The fourth-order valence-corrected chi connectivity index (χ4v) is 2.71. The number of carbonyl (C=O) groups excluding carboxylic acids is 1. The van der Waals surface area contributed by atoms with E-state index in [2.05, 4.69) is 0 Å². The second-order valence-electron chi connectivity index (χ2n) is 5.96. The van der Waals surface area contributed by atoms with Crippen LogP contribution in [-0.4, -0.2) is 26.1 Å². The van der Waals surface area contributed by atoms with Crippen LogP contribution in [0.15, 0.2) is 29.2 Å². The highest BCUT2D eigenvalue weighted by atomic mass is 32.2. The molecule has 0 heterocycles. The summed E-state index contributed by atoms with van der Waals surface area (Å²) in [6.45, 7) is 8.64. The van der Waals surface area contributed by atoms with Crippen LogP contribution in [0.25, 0.3) is 0 Å². The molecule has 0 saturated heterocycles. The Hall–Kier alpha value is -1.40. The van der Waals surface area contributed by atoms with E-state index in [4.69, 9.17) is 8.92 Å². The molecule has 0 aliphatic heterocycles. The number of carbonyl (C=O) groups is 1. The molecule has 1 unspecified atom stereocenters. The summed E-state index contributed by atoms with van der Waals surface area (Å²) in [7, 11) is -3.87. The third kappa shape index (κ3) is 6.27. The molecule has 0 N–H and O–H groups in total. The molecule has 0 aliphatic rings. The fourth-order valence-electron chi connectivity index (χ4n) is 1.63. The molecule has 1 aromatic rings. The molecule has 0 saturated carbocycles. The van der Waals surface area contributed by atoms with Crippen molar-refractivity contribution in [3.63, 3.8) is 0 Å². The van der Waals surface area contributed by atoms with Crippen LogP contribution in [0.3, 0.4) is 0 Å². The molecule has 0 radical (unpaired) electrons. The summed E-state index contributed by atoms with van der Waals surface area (Å²) >= 11 is 0. The number of aryl methyl sites for hydroxylation is 1. The molecule has 21 heavy (non-hydrogen) atoms. The van der Waals surface area contributed by atoms with Crippen molar-refractivity contribution < 1.29 is 22.1 Å². The van der Waals surface area contributed by atoms with Gasteiger partial charge in [-0.25, -0.2) is 0 Å². The zero-order valence-electron chi connectivity index (χ0n) is 13.0. The van der Waals surface area contributed by atoms with Crippen molar-refractivity contribution in [1.29, 1.82) is 0 Å². The number of ether oxygens (including phenoxy) is 1. The molecule has 5 nitrogen and oxygen atoms in total. The molecular weight excluding hydrogens is 292 g/mol. The van der Waals surface area contributed by atoms with E-state index in [-0.39, 0.29) is 11.3 Å². The minimum Gasteiger partial charge on any atom is -0.460 e. The number of hydrogen-bond donors (Lipinski definition) is 0. The van der Waals surface area contributed by atoms with E-state index in [0.717, 1.165) is 5.56 Å². The van der Waals surface area contributed by atoms with E-state index < -0.39 is 27.8 Å². The molecule has 1 aromatic carbocycles. The maximum absolute atomic E-state index is 12.0. The third-order valence-corrected chi connectivity index (χ3v) is 3.91. The highest BCUT2D eigenvalue weighted by molar-refractivity contribution is 7.86. The predicted octanol–water partition coefficient (Wildman–Crippen LogP) is 2.82. The molecule has 0 bridgehead atoms. The molecule has 1 atom stereocenters. The van der Waals surface area contributed by atoms with Crippen molar-refractivity contribution in [3.8, 4) is 0 Å². The summed E-state index contributed by atoms with van der Waals surface area (Å²) in [6.07, 6.45) is -0.909. The highest BCUT2D eigenvalue weighted by Gasteiger charge is 2.23. The molecule has 118 valence electrons. The van der Waals surface area contributed by atoms with Crippen LogP contribution in [0.2, 0.25) is 0 Å². The van der Waals surface area contributed by atoms with Crippen molar-refractivity contribution in [2.45, 2.75) is 57.6 Å². The summed E-state index contributed by atoms with van der Waals surface area (Å²) in [4.78, 5) is 11.7. The van der Waals surface area contributed by atoms with Crippen LogP contribution < -0.4 is 0 Å². The molecule has 1 rings (SSSR count). The molecule has 6 heteroatoms. The Morgan fingerprint density at radius 3 is 2.19 bits per heavy atom. The lowest BCUT2D eigenvalue weighted by atomic mass is 10.2. The van der Waals surface area contributed by atoms with Gasteiger partial charge in [0.05, 0.1) is 17.4 Å². The van der Waals surface area contributed by atoms with Crippen molar-refractivity contribution in [2.75, 3.05) is 0 Å². The smallest absolute Gasteiger partial charge is 0.308 e. The van der Waals surface area contributed by atoms with Crippen molar-refractivity contribution in [3.05, 3.63) is 29.8 Å². The Morgan fingerprint density at radius 1 is 1.19 bits per heavy atom. The second-order valence-corrected chi connectivity index (χ2v) is 7.54. The minimum absolute atomic E-state index is 0.0733. The quantitative estimate of drug-likeness (QED) is 0.617. The Kier molecular flexibility index (Phi) is 5.53. The fraction of sp³-hybridized carbons (Fsp3) is 0.533. The summed E-state index contributed by atoms with van der Waals surface area (Å²) in [5.41, 5.74) is 0.350. The molecule has 0 amide bonds. The first kappa shape index (κ1) is 17.7. The van der Waals surface area contributed by atoms with Crippen molar-refractivity contribution in [2.24, 2.45) is 0 Å². The average molecular weight is 314 g/mol. The van der Waals surface area contributed by atoms with E-state index in [1.807, 2.05) is 6.92 Å². The lowest BCUT2D eigenvalue weighted by Gasteiger charge is -2.20. The standard InChI is InChI=1S/C15H22O5S/c1-11-6-8-13(9-7-11)21(17,18)20-12(2)10-14(16)19-15(3,4)5/h6-9,12H,10H2,1-5H3. The zero-order chi connectivity index (χ0) is 16.3. The van der Waals surface area contributed by atoms with Gasteiger partial charge in [0.2, 0.25) is 0 Å². The largest absolute Gasteiger partial charge is 0.460 e. The second kappa shape index (κ2) is 6.58. The van der Waals surface area contributed by atoms with Gasteiger partial charge in [0.15, 0.2) is 0 Å². The van der Waals surface area contributed by atoms with E-state index in [1.165, 1.54) is 19.1 Å². The van der Waals surface area contributed by atoms with Crippen LogP contribution in [0.4, 0.5) is 0 Å². The van der Waals surface area contributed by atoms with E-state index in [9.17, 15) is 13.2 Å². The van der Waals surface area contributed by atoms with E-state index in [0.29, 0.717) is 0 Å².